The Labute approximate surface area is 92.0 Å². The molecule has 0 amide bonds. The van der Waals surface area contributed by atoms with E-state index < -0.39 is 0 Å². The van der Waals surface area contributed by atoms with Crippen LogP contribution in [0.25, 0.3) is 0 Å². The molecule has 0 bridgehead atoms. The molecule has 1 aliphatic heterocycles. The smallest absolute Gasteiger partial charge is 0.157 e. The summed E-state index contributed by atoms with van der Waals surface area (Å²) in [5.41, 5.74) is 0. The normalized spacial score (nSPS) is 30.7. The average molecular weight is 208 g/mol. The summed E-state index contributed by atoms with van der Waals surface area (Å²) < 4.78 is 11.3. The lowest BCUT2D eigenvalue weighted by Gasteiger charge is -2.24. The second-order valence-corrected chi connectivity index (χ2v) is 4.83. The van der Waals surface area contributed by atoms with Crippen molar-refractivity contribution >= 4 is 0 Å². The predicted octanol–water partition coefficient (Wildman–Crippen LogP) is 3.11. The van der Waals surface area contributed by atoms with Crippen molar-refractivity contribution in [3.05, 3.63) is 23.7 Å². The lowest BCUT2D eigenvalue weighted by atomic mass is 9.83. The molecule has 1 heterocycles. The molecule has 2 rings (SSSR count). The molecular weight excluding hydrogens is 188 g/mol. The van der Waals surface area contributed by atoms with E-state index in [1.165, 1.54) is 0 Å². The van der Waals surface area contributed by atoms with Gasteiger partial charge in [-0.05, 0) is 36.3 Å². The first kappa shape index (κ1) is 10.6. The highest BCUT2D eigenvalue weighted by atomic mass is 16.6. The SMILES string of the molecule is CC(C)C1C=C2OCCOC2=CCC1C. The van der Waals surface area contributed by atoms with Crippen molar-refractivity contribution in [2.24, 2.45) is 17.8 Å². The van der Waals surface area contributed by atoms with Gasteiger partial charge in [-0.2, -0.15) is 0 Å². The maximum atomic E-state index is 5.66. The van der Waals surface area contributed by atoms with Crippen molar-refractivity contribution in [3.63, 3.8) is 0 Å². The monoisotopic (exact) mass is 208 g/mol. The molecule has 15 heavy (non-hydrogen) atoms. The maximum absolute atomic E-state index is 5.66. The lowest BCUT2D eigenvalue weighted by Crippen LogP contribution is -2.17. The third kappa shape index (κ3) is 2.19. The predicted molar refractivity (Wildman–Crippen MR) is 60.2 cm³/mol. The fourth-order valence-corrected chi connectivity index (χ4v) is 2.37. The van der Waals surface area contributed by atoms with Crippen LogP contribution in [0.3, 0.4) is 0 Å². The van der Waals surface area contributed by atoms with Crippen LogP contribution in [-0.4, -0.2) is 13.2 Å². The van der Waals surface area contributed by atoms with Crippen molar-refractivity contribution in [1.29, 1.82) is 0 Å². The number of rotatable bonds is 1. The van der Waals surface area contributed by atoms with E-state index in [0.717, 1.165) is 17.9 Å². The van der Waals surface area contributed by atoms with Crippen LogP contribution in [0.1, 0.15) is 27.2 Å². The van der Waals surface area contributed by atoms with E-state index in [1.54, 1.807) is 0 Å². The summed E-state index contributed by atoms with van der Waals surface area (Å²) in [6.45, 7) is 8.21. The Balaban J connectivity index is 2.24. The molecule has 84 valence electrons. The minimum atomic E-state index is 0.593. The van der Waals surface area contributed by atoms with Crippen LogP contribution in [-0.2, 0) is 9.47 Å². The second-order valence-electron chi connectivity index (χ2n) is 4.83. The maximum Gasteiger partial charge on any atom is 0.157 e. The zero-order valence-corrected chi connectivity index (χ0v) is 9.82. The van der Waals surface area contributed by atoms with Gasteiger partial charge < -0.3 is 9.47 Å². The number of hydrogen-bond donors (Lipinski definition) is 0. The Morgan fingerprint density at radius 3 is 2.53 bits per heavy atom. The summed E-state index contributed by atoms with van der Waals surface area (Å²) in [5, 5.41) is 0. The van der Waals surface area contributed by atoms with Crippen LogP contribution < -0.4 is 0 Å². The van der Waals surface area contributed by atoms with Gasteiger partial charge in [-0.15, -0.1) is 0 Å². The fraction of sp³-hybridized carbons (Fsp3) is 0.692. The minimum absolute atomic E-state index is 0.593. The van der Waals surface area contributed by atoms with Gasteiger partial charge in [0.1, 0.15) is 13.2 Å². The van der Waals surface area contributed by atoms with E-state index in [-0.39, 0.29) is 0 Å². The van der Waals surface area contributed by atoms with Crippen LogP contribution in [0.4, 0.5) is 0 Å². The highest BCUT2D eigenvalue weighted by molar-refractivity contribution is 5.25. The molecule has 2 unspecified atom stereocenters. The van der Waals surface area contributed by atoms with Gasteiger partial charge in [0, 0.05) is 0 Å². The van der Waals surface area contributed by atoms with Crippen LogP contribution in [0, 0.1) is 17.8 Å². The van der Waals surface area contributed by atoms with Gasteiger partial charge >= 0.3 is 0 Å². The number of ether oxygens (including phenoxy) is 2. The third-order valence-corrected chi connectivity index (χ3v) is 3.29. The Morgan fingerprint density at radius 1 is 1.20 bits per heavy atom. The molecule has 1 fully saturated rings. The summed E-state index contributed by atoms with van der Waals surface area (Å²) in [6.07, 6.45) is 5.52. The molecule has 0 aromatic carbocycles. The molecule has 1 saturated heterocycles. The summed E-state index contributed by atoms with van der Waals surface area (Å²) in [6, 6.07) is 0. The molecule has 2 nitrogen and oxygen atoms in total. The molecule has 0 spiro atoms. The van der Waals surface area contributed by atoms with Crippen LogP contribution in [0.5, 0.6) is 0 Å². The third-order valence-electron chi connectivity index (χ3n) is 3.29. The van der Waals surface area contributed by atoms with Crippen LogP contribution >= 0.6 is 0 Å². The standard InChI is InChI=1S/C13H20O2/c1-9(2)11-8-13-12(5-4-10(11)3)14-6-7-15-13/h5,8-11H,4,6-7H2,1-3H3. The number of fused-ring (bicyclic) bond motifs is 1. The first-order valence-corrected chi connectivity index (χ1v) is 5.86. The summed E-state index contributed by atoms with van der Waals surface area (Å²) in [4.78, 5) is 0. The van der Waals surface area contributed by atoms with E-state index in [2.05, 4.69) is 32.9 Å². The molecule has 0 saturated carbocycles. The largest absolute Gasteiger partial charge is 0.486 e. The van der Waals surface area contributed by atoms with Crippen molar-refractivity contribution in [1.82, 2.24) is 0 Å². The van der Waals surface area contributed by atoms with Gasteiger partial charge in [0.05, 0.1) is 0 Å². The van der Waals surface area contributed by atoms with Gasteiger partial charge in [-0.1, -0.05) is 20.8 Å². The summed E-state index contributed by atoms with van der Waals surface area (Å²) >= 11 is 0. The molecule has 0 aromatic heterocycles. The Hall–Kier alpha value is -0.920. The topological polar surface area (TPSA) is 18.5 Å². The Morgan fingerprint density at radius 2 is 1.87 bits per heavy atom. The number of allylic oxidation sites excluding steroid dienone is 2. The van der Waals surface area contributed by atoms with E-state index in [0.29, 0.717) is 31.0 Å². The van der Waals surface area contributed by atoms with Crippen molar-refractivity contribution < 1.29 is 9.47 Å². The average Bonchev–Trinajstić information content (AvgIpc) is 2.39. The molecule has 2 atom stereocenters. The van der Waals surface area contributed by atoms with Gasteiger partial charge in [-0.25, -0.2) is 0 Å². The Kier molecular flexibility index (Phi) is 3.03. The zero-order chi connectivity index (χ0) is 10.8. The van der Waals surface area contributed by atoms with Crippen molar-refractivity contribution in [3.8, 4) is 0 Å². The van der Waals surface area contributed by atoms with Gasteiger partial charge in [0.25, 0.3) is 0 Å². The summed E-state index contributed by atoms with van der Waals surface area (Å²) in [5.74, 6) is 3.84. The van der Waals surface area contributed by atoms with Gasteiger partial charge in [-0.3, -0.25) is 0 Å². The molecule has 0 N–H and O–H groups in total. The second kappa shape index (κ2) is 4.30. The van der Waals surface area contributed by atoms with E-state index in [1.807, 2.05) is 0 Å². The van der Waals surface area contributed by atoms with Gasteiger partial charge in [0.15, 0.2) is 11.5 Å². The quantitative estimate of drug-likeness (QED) is 0.659. The first-order valence-electron chi connectivity index (χ1n) is 5.86. The summed E-state index contributed by atoms with van der Waals surface area (Å²) in [7, 11) is 0. The van der Waals surface area contributed by atoms with E-state index >= 15 is 0 Å². The van der Waals surface area contributed by atoms with Crippen LogP contribution in [0.2, 0.25) is 0 Å². The lowest BCUT2D eigenvalue weighted by molar-refractivity contribution is 0.0583. The highest BCUT2D eigenvalue weighted by Crippen LogP contribution is 2.33. The highest BCUT2D eigenvalue weighted by Gasteiger charge is 2.25. The van der Waals surface area contributed by atoms with E-state index in [4.69, 9.17) is 9.47 Å². The molecule has 2 heteroatoms. The van der Waals surface area contributed by atoms with Gasteiger partial charge in [0.2, 0.25) is 0 Å². The molecule has 0 radical (unpaired) electrons. The minimum Gasteiger partial charge on any atom is -0.486 e. The molecule has 1 aliphatic carbocycles. The van der Waals surface area contributed by atoms with Crippen molar-refractivity contribution in [2.45, 2.75) is 27.2 Å². The first-order chi connectivity index (χ1) is 7.18. The molecule has 2 aliphatic rings. The van der Waals surface area contributed by atoms with E-state index in [9.17, 15) is 0 Å². The Bertz CT molecular complexity index is 289. The van der Waals surface area contributed by atoms with Crippen molar-refractivity contribution in [2.75, 3.05) is 13.2 Å². The molecule has 0 aromatic rings. The number of hydrogen-bond acceptors (Lipinski definition) is 2. The molecular formula is C13H20O2. The fourth-order valence-electron chi connectivity index (χ4n) is 2.37. The van der Waals surface area contributed by atoms with Crippen LogP contribution in [0.15, 0.2) is 23.7 Å². The zero-order valence-electron chi connectivity index (χ0n) is 9.82.